The molecule has 1 saturated heterocycles. The van der Waals surface area contributed by atoms with E-state index in [1.807, 2.05) is 17.8 Å². The Kier molecular flexibility index (Phi) is 4.49. The van der Waals surface area contributed by atoms with Gasteiger partial charge in [-0.2, -0.15) is 13.2 Å². The van der Waals surface area contributed by atoms with Crippen LogP contribution < -0.4 is 10.2 Å². The second-order valence-corrected chi connectivity index (χ2v) is 6.17. The summed E-state index contributed by atoms with van der Waals surface area (Å²) in [4.78, 5) is 18.6. The smallest absolute Gasteiger partial charge is 0.450 e. The van der Waals surface area contributed by atoms with Crippen LogP contribution in [0.3, 0.4) is 0 Å². The number of hydrogen-bond donors (Lipinski definition) is 1. The number of nitrogens with zero attached hydrogens (tertiary/aromatic N) is 3. The number of imidazole rings is 1. The first-order chi connectivity index (χ1) is 11.8. The summed E-state index contributed by atoms with van der Waals surface area (Å²) < 4.78 is 45.4. The van der Waals surface area contributed by atoms with Crippen LogP contribution in [0, 0.1) is 6.92 Å². The first kappa shape index (κ1) is 17.4. The number of halogens is 3. The number of furan rings is 1. The topological polar surface area (TPSA) is 63.3 Å². The highest BCUT2D eigenvalue weighted by Gasteiger charge is 2.40. The average molecular weight is 356 g/mol. The Morgan fingerprint density at radius 3 is 2.60 bits per heavy atom. The number of piperidine rings is 1. The van der Waals surface area contributed by atoms with Crippen molar-refractivity contribution in [3.63, 3.8) is 0 Å². The number of aryl methyl sites for hydroxylation is 2. The molecule has 6 nitrogen and oxygen atoms in total. The molecule has 0 saturated carbocycles. The van der Waals surface area contributed by atoms with Gasteiger partial charge in [0.2, 0.25) is 11.7 Å². The van der Waals surface area contributed by atoms with Crippen LogP contribution in [0.5, 0.6) is 0 Å². The fourth-order valence-electron chi connectivity index (χ4n) is 3.04. The van der Waals surface area contributed by atoms with Gasteiger partial charge in [0.1, 0.15) is 5.76 Å². The summed E-state index contributed by atoms with van der Waals surface area (Å²) in [7, 11) is 1.90. The number of anilines is 1. The number of nitrogens with one attached hydrogen (secondary N) is 1. The summed E-state index contributed by atoms with van der Waals surface area (Å²) in [6.07, 6.45) is 0.141. The Bertz CT molecular complexity index is 758. The molecule has 9 heteroatoms. The maximum atomic E-state index is 13.0. The van der Waals surface area contributed by atoms with Crippen LogP contribution in [-0.2, 0) is 13.2 Å². The van der Waals surface area contributed by atoms with Crippen LogP contribution in [0.15, 0.2) is 22.9 Å². The fourth-order valence-corrected chi connectivity index (χ4v) is 3.04. The van der Waals surface area contributed by atoms with E-state index in [-0.39, 0.29) is 11.8 Å². The molecule has 0 aliphatic carbocycles. The molecule has 0 spiro atoms. The zero-order chi connectivity index (χ0) is 18.2. The van der Waals surface area contributed by atoms with Crippen LogP contribution in [0.2, 0.25) is 0 Å². The standard InChI is InChI=1S/C16H19F3N4O2/c1-10-9-12(13(25-10)16(17,18)19)14(24)21-11-3-6-23(7-4-11)15-20-5-8-22(15)2/h5,8-9,11H,3-4,6-7H2,1-2H3,(H,21,24). The lowest BCUT2D eigenvalue weighted by Crippen LogP contribution is -2.45. The van der Waals surface area contributed by atoms with Gasteiger partial charge in [0, 0.05) is 38.6 Å². The van der Waals surface area contributed by atoms with E-state index in [1.165, 1.54) is 6.92 Å². The lowest BCUT2D eigenvalue weighted by Gasteiger charge is -2.33. The maximum Gasteiger partial charge on any atom is 0.450 e. The van der Waals surface area contributed by atoms with Gasteiger partial charge >= 0.3 is 6.18 Å². The quantitative estimate of drug-likeness (QED) is 0.919. The Morgan fingerprint density at radius 2 is 2.04 bits per heavy atom. The molecule has 1 fully saturated rings. The summed E-state index contributed by atoms with van der Waals surface area (Å²) in [5.41, 5.74) is -0.462. The number of rotatable bonds is 3. The molecule has 1 N–H and O–H groups in total. The molecule has 1 aliphatic heterocycles. The third-order valence-electron chi connectivity index (χ3n) is 4.27. The molecular formula is C16H19F3N4O2. The van der Waals surface area contributed by atoms with Crippen LogP contribution in [0.25, 0.3) is 0 Å². The molecule has 3 rings (SSSR count). The number of carbonyl (C=O) groups is 1. The minimum absolute atomic E-state index is 0.0575. The van der Waals surface area contributed by atoms with Crippen LogP contribution in [-0.4, -0.2) is 34.6 Å². The predicted molar refractivity (Wildman–Crippen MR) is 84.4 cm³/mol. The molecule has 0 atom stereocenters. The lowest BCUT2D eigenvalue weighted by molar-refractivity contribution is -0.153. The van der Waals surface area contributed by atoms with Gasteiger partial charge in [-0.25, -0.2) is 4.98 Å². The molecule has 1 aliphatic rings. The van der Waals surface area contributed by atoms with Gasteiger partial charge in [0.25, 0.3) is 5.91 Å². The lowest BCUT2D eigenvalue weighted by atomic mass is 10.0. The van der Waals surface area contributed by atoms with E-state index in [1.54, 1.807) is 6.20 Å². The van der Waals surface area contributed by atoms with Crippen LogP contribution in [0.4, 0.5) is 19.1 Å². The second kappa shape index (κ2) is 6.45. The second-order valence-electron chi connectivity index (χ2n) is 6.17. The van der Waals surface area contributed by atoms with Crippen molar-refractivity contribution in [1.29, 1.82) is 0 Å². The van der Waals surface area contributed by atoms with E-state index in [2.05, 4.69) is 19.6 Å². The Labute approximate surface area is 142 Å². The zero-order valence-electron chi connectivity index (χ0n) is 13.9. The molecule has 1 amide bonds. The van der Waals surface area contributed by atoms with E-state index in [4.69, 9.17) is 0 Å². The Balaban J connectivity index is 1.63. The van der Waals surface area contributed by atoms with Gasteiger partial charge in [0.05, 0.1) is 5.56 Å². The number of amides is 1. The third kappa shape index (κ3) is 3.64. The molecular weight excluding hydrogens is 337 g/mol. The number of aromatic nitrogens is 2. The van der Waals surface area contributed by atoms with Gasteiger partial charge in [-0.15, -0.1) is 0 Å². The number of carbonyl (C=O) groups excluding carboxylic acids is 1. The molecule has 2 aromatic rings. The van der Waals surface area contributed by atoms with Gasteiger partial charge in [-0.3, -0.25) is 4.79 Å². The van der Waals surface area contributed by atoms with Crippen molar-refractivity contribution >= 4 is 11.9 Å². The van der Waals surface area contributed by atoms with E-state index in [0.29, 0.717) is 25.9 Å². The summed E-state index contributed by atoms with van der Waals surface area (Å²) in [5, 5.41) is 2.69. The molecule has 0 radical (unpaired) electrons. The largest absolute Gasteiger partial charge is 0.456 e. The van der Waals surface area contributed by atoms with Crippen molar-refractivity contribution in [3.05, 3.63) is 35.5 Å². The first-order valence-corrected chi connectivity index (χ1v) is 7.96. The monoisotopic (exact) mass is 356 g/mol. The van der Waals surface area contributed by atoms with E-state index in [0.717, 1.165) is 12.0 Å². The van der Waals surface area contributed by atoms with Crippen LogP contribution in [0.1, 0.15) is 34.7 Å². The van der Waals surface area contributed by atoms with Crippen molar-refractivity contribution in [2.75, 3.05) is 18.0 Å². The molecule has 3 heterocycles. The molecule has 136 valence electrons. The SMILES string of the molecule is Cc1cc(C(=O)NC2CCN(c3nccn3C)CC2)c(C(F)(F)F)o1. The van der Waals surface area contributed by atoms with E-state index < -0.39 is 23.4 Å². The molecule has 0 aromatic carbocycles. The van der Waals surface area contributed by atoms with E-state index in [9.17, 15) is 18.0 Å². The summed E-state index contributed by atoms with van der Waals surface area (Å²) in [6, 6.07) is 0.946. The Hall–Kier alpha value is -2.45. The normalized spacial score (nSPS) is 16.3. The molecule has 25 heavy (non-hydrogen) atoms. The minimum Gasteiger partial charge on any atom is -0.456 e. The van der Waals surface area contributed by atoms with Gasteiger partial charge < -0.3 is 19.2 Å². The molecule has 0 bridgehead atoms. The Morgan fingerprint density at radius 1 is 1.36 bits per heavy atom. The average Bonchev–Trinajstić information content (AvgIpc) is 3.13. The van der Waals surface area contributed by atoms with Crippen molar-refractivity contribution in [2.24, 2.45) is 7.05 Å². The predicted octanol–water partition coefficient (Wildman–Crippen LogP) is 2.74. The highest BCUT2D eigenvalue weighted by molar-refractivity contribution is 5.95. The first-order valence-electron chi connectivity index (χ1n) is 7.96. The number of alkyl halides is 3. The van der Waals surface area contributed by atoms with Crippen molar-refractivity contribution in [2.45, 2.75) is 32.0 Å². The highest BCUT2D eigenvalue weighted by atomic mass is 19.4. The maximum absolute atomic E-state index is 13.0. The molecule has 2 aromatic heterocycles. The summed E-state index contributed by atoms with van der Waals surface area (Å²) in [6.45, 7) is 2.73. The fraction of sp³-hybridized carbons (Fsp3) is 0.500. The molecule has 0 unspecified atom stereocenters. The van der Waals surface area contributed by atoms with Gasteiger partial charge in [-0.1, -0.05) is 0 Å². The zero-order valence-corrected chi connectivity index (χ0v) is 13.9. The minimum atomic E-state index is -4.69. The van der Waals surface area contributed by atoms with Crippen molar-refractivity contribution < 1.29 is 22.4 Å². The third-order valence-corrected chi connectivity index (χ3v) is 4.27. The summed E-state index contributed by atoms with van der Waals surface area (Å²) in [5.74, 6) is -1.09. The van der Waals surface area contributed by atoms with Crippen molar-refractivity contribution in [1.82, 2.24) is 14.9 Å². The van der Waals surface area contributed by atoms with Gasteiger partial charge in [-0.05, 0) is 25.8 Å². The highest BCUT2D eigenvalue weighted by Crippen LogP contribution is 2.34. The van der Waals surface area contributed by atoms with Gasteiger partial charge in [0.15, 0.2) is 0 Å². The van der Waals surface area contributed by atoms with Crippen LogP contribution >= 0.6 is 0 Å². The number of hydrogen-bond acceptors (Lipinski definition) is 4. The summed E-state index contributed by atoms with van der Waals surface area (Å²) >= 11 is 0. The van der Waals surface area contributed by atoms with Crippen molar-refractivity contribution in [3.8, 4) is 0 Å². The van der Waals surface area contributed by atoms with E-state index >= 15 is 0 Å².